The van der Waals surface area contributed by atoms with E-state index in [9.17, 15) is 4.79 Å². The van der Waals surface area contributed by atoms with Crippen molar-refractivity contribution in [2.24, 2.45) is 0 Å². The fourth-order valence-electron chi connectivity index (χ4n) is 3.42. The van der Waals surface area contributed by atoms with Gasteiger partial charge in [0.2, 0.25) is 5.91 Å². The zero-order valence-electron chi connectivity index (χ0n) is 17.1. The van der Waals surface area contributed by atoms with Gasteiger partial charge in [0.15, 0.2) is 0 Å². The average Bonchev–Trinajstić information content (AvgIpc) is 3.16. The molecular formula is C22H32N4OS. The third-order valence-corrected chi connectivity index (χ3v) is 6.11. The van der Waals surface area contributed by atoms with Gasteiger partial charge in [-0.15, -0.1) is 11.3 Å². The molecule has 1 aliphatic rings. The second-order valence-corrected chi connectivity index (χ2v) is 8.52. The minimum atomic E-state index is 0.0665. The van der Waals surface area contributed by atoms with Crippen LogP contribution in [0.3, 0.4) is 0 Å². The molecule has 152 valence electrons. The zero-order valence-corrected chi connectivity index (χ0v) is 17.9. The van der Waals surface area contributed by atoms with Gasteiger partial charge >= 0.3 is 0 Å². The first-order chi connectivity index (χ1) is 13.6. The lowest BCUT2D eigenvalue weighted by atomic mass is 10.1. The molecule has 1 aliphatic heterocycles. The van der Waals surface area contributed by atoms with E-state index in [-0.39, 0.29) is 5.91 Å². The van der Waals surface area contributed by atoms with Crippen molar-refractivity contribution < 1.29 is 4.79 Å². The molecule has 1 amide bonds. The Kier molecular flexibility index (Phi) is 8.01. The van der Waals surface area contributed by atoms with Crippen LogP contribution in [0.25, 0.3) is 10.6 Å². The molecule has 0 atom stereocenters. The molecule has 2 aromatic rings. The van der Waals surface area contributed by atoms with E-state index in [0.717, 1.165) is 68.4 Å². The number of hydrogen-bond donors (Lipinski definition) is 1. The largest absolute Gasteiger partial charge is 0.356 e. The third-order valence-electron chi connectivity index (χ3n) is 5.17. The van der Waals surface area contributed by atoms with E-state index < -0.39 is 0 Å². The summed E-state index contributed by atoms with van der Waals surface area (Å²) in [5.74, 6) is 0.0665. The summed E-state index contributed by atoms with van der Waals surface area (Å²) in [6.45, 7) is 8.42. The highest BCUT2D eigenvalue weighted by Gasteiger charge is 2.14. The summed E-state index contributed by atoms with van der Waals surface area (Å²) < 4.78 is 0. The number of benzene rings is 1. The maximum absolute atomic E-state index is 12.1. The number of nitrogens with zero attached hydrogens (tertiary/aromatic N) is 3. The second kappa shape index (κ2) is 10.7. The molecule has 0 saturated carbocycles. The second-order valence-electron chi connectivity index (χ2n) is 7.66. The first kappa shape index (κ1) is 21.0. The van der Waals surface area contributed by atoms with E-state index in [1.54, 1.807) is 11.3 Å². The van der Waals surface area contributed by atoms with Crippen molar-refractivity contribution in [1.29, 1.82) is 0 Å². The Labute approximate surface area is 172 Å². The molecule has 0 radical (unpaired) electrons. The smallest absolute Gasteiger partial charge is 0.226 e. The first-order valence-corrected chi connectivity index (χ1v) is 11.2. The van der Waals surface area contributed by atoms with Crippen LogP contribution in [0.5, 0.6) is 0 Å². The van der Waals surface area contributed by atoms with Crippen molar-refractivity contribution in [2.75, 3.05) is 39.8 Å². The summed E-state index contributed by atoms with van der Waals surface area (Å²) in [5, 5.41) is 5.99. The number of amides is 1. The number of hydrogen-bond acceptors (Lipinski definition) is 5. The van der Waals surface area contributed by atoms with Crippen LogP contribution in [0.1, 0.15) is 37.4 Å². The molecular weight excluding hydrogens is 368 g/mol. The SMILES string of the molecule is CCCCCNC(=O)Cc1csc(-c2cccc(CN3CCN(C)CC3)c2)n1. The molecule has 2 heterocycles. The Morgan fingerprint density at radius 2 is 2.04 bits per heavy atom. The van der Waals surface area contributed by atoms with E-state index in [0.29, 0.717) is 6.42 Å². The van der Waals surface area contributed by atoms with Gasteiger partial charge in [-0.2, -0.15) is 0 Å². The first-order valence-electron chi connectivity index (χ1n) is 10.4. The molecule has 1 aromatic carbocycles. The third kappa shape index (κ3) is 6.40. The van der Waals surface area contributed by atoms with Crippen molar-refractivity contribution in [3.8, 4) is 10.6 Å². The van der Waals surface area contributed by atoms with Gasteiger partial charge in [0.05, 0.1) is 12.1 Å². The Morgan fingerprint density at radius 1 is 1.21 bits per heavy atom. The van der Waals surface area contributed by atoms with Crippen molar-refractivity contribution in [1.82, 2.24) is 20.1 Å². The van der Waals surface area contributed by atoms with Crippen molar-refractivity contribution in [2.45, 2.75) is 39.2 Å². The van der Waals surface area contributed by atoms with E-state index >= 15 is 0 Å². The van der Waals surface area contributed by atoms with Gasteiger partial charge in [0.1, 0.15) is 5.01 Å². The van der Waals surface area contributed by atoms with Gasteiger partial charge in [-0.05, 0) is 25.1 Å². The molecule has 0 unspecified atom stereocenters. The molecule has 0 spiro atoms. The van der Waals surface area contributed by atoms with E-state index in [1.807, 2.05) is 5.38 Å². The number of thiazole rings is 1. The normalized spacial score (nSPS) is 15.6. The molecule has 3 rings (SSSR count). The lowest BCUT2D eigenvalue weighted by Gasteiger charge is -2.32. The van der Waals surface area contributed by atoms with Crippen LogP contribution in [0.2, 0.25) is 0 Å². The van der Waals surface area contributed by atoms with Gasteiger partial charge < -0.3 is 10.2 Å². The van der Waals surface area contributed by atoms with Crippen LogP contribution in [0.4, 0.5) is 0 Å². The minimum Gasteiger partial charge on any atom is -0.356 e. The molecule has 28 heavy (non-hydrogen) atoms. The molecule has 0 bridgehead atoms. The number of rotatable bonds is 9. The Hall–Kier alpha value is -1.76. The molecule has 1 aromatic heterocycles. The summed E-state index contributed by atoms with van der Waals surface area (Å²) in [6, 6.07) is 8.66. The molecule has 1 saturated heterocycles. The van der Waals surface area contributed by atoms with Crippen LogP contribution >= 0.6 is 11.3 Å². The Balaban J connectivity index is 1.55. The fraction of sp³-hybridized carbons (Fsp3) is 0.545. The fourth-order valence-corrected chi connectivity index (χ4v) is 4.23. The quantitative estimate of drug-likeness (QED) is 0.656. The van der Waals surface area contributed by atoms with Gasteiger partial charge in [0.25, 0.3) is 0 Å². The van der Waals surface area contributed by atoms with E-state index in [4.69, 9.17) is 4.98 Å². The maximum atomic E-state index is 12.1. The van der Waals surface area contributed by atoms with Gasteiger partial charge in [-0.3, -0.25) is 9.69 Å². The predicted octanol–water partition coefficient (Wildman–Crippen LogP) is 3.41. The average molecular weight is 401 g/mol. The van der Waals surface area contributed by atoms with Crippen LogP contribution in [0.15, 0.2) is 29.6 Å². The predicted molar refractivity (Wildman–Crippen MR) is 117 cm³/mol. The minimum absolute atomic E-state index is 0.0665. The lowest BCUT2D eigenvalue weighted by molar-refractivity contribution is -0.120. The number of aromatic nitrogens is 1. The highest BCUT2D eigenvalue weighted by molar-refractivity contribution is 7.13. The van der Waals surface area contributed by atoms with E-state index in [1.165, 1.54) is 12.0 Å². The maximum Gasteiger partial charge on any atom is 0.226 e. The molecule has 0 aliphatic carbocycles. The van der Waals surface area contributed by atoms with Gasteiger partial charge in [0, 0.05) is 50.2 Å². The Morgan fingerprint density at radius 3 is 2.82 bits per heavy atom. The van der Waals surface area contributed by atoms with Crippen LogP contribution < -0.4 is 5.32 Å². The topological polar surface area (TPSA) is 48.5 Å². The molecule has 1 fully saturated rings. The molecule has 5 nitrogen and oxygen atoms in total. The highest BCUT2D eigenvalue weighted by atomic mass is 32.1. The summed E-state index contributed by atoms with van der Waals surface area (Å²) >= 11 is 1.62. The molecule has 6 heteroatoms. The summed E-state index contributed by atoms with van der Waals surface area (Å²) in [5.41, 5.74) is 3.33. The number of unbranched alkanes of at least 4 members (excludes halogenated alkanes) is 2. The van der Waals surface area contributed by atoms with Crippen molar-refractivity contribution in [3.63, 3.8) is 0 Å². The number of nitrogens with one attached hydrogen (secondary N) is 1. The van der Waals surface area contributed by atoms with Crippen LogP contribution in [-0.4, -0.2) is 60.5 Å². The van der Waals surface area contributed by atoms with Gasteiger partial charge in [-0.1, -0.05) is 38.0 Å². The number of carbonyl (C=O) groups is 1. The standard InChI is InChI=1S/C22H32N4OS/c1-3-4-5-9-23-21(27)15-20-17-28-22(24-20)19-8-6-7-18(14-19)16-26-12-10-25(2)11-13-26/h6-8,14,17H,3-5,9-13,15-16H2,1-2H3,(H,23,27). The van der Waals surface area contributed by atoms with Crippen molar-refractivity contribution in [3.05, 3.63) is 40.9 Å². The summed E-state index contributed by atoms with van der Waals surface area (Å²) in [6.07, 6.45) is 3.74. The zero-order chi connectivity index (χ0) is 19.8. The Bertz CT molecular complexity index is 752. The number of carbonyl (C=O) groups excluding carboxylic acids is 1. The van der Waals surface area contributed by atoms with Crippen molar-refractivity contribution >= 4 is 17.2 Å². The number of piperazine rings is 1. The van der Waals surface area contributed by atoms with E-state index in [2.05, 4.69) is 53.4 Å². The lowest BCUT2D eigenvalue weighted by Crippen LogP contribution is -2.43. The highest BCUT2D eigenvalue weighted by Crippen LogP contribution is 2.25. The van der Waals surface area contributed by atoms with Crippen LogP contribution in [-0.2, 0) is 17.8 Å². The van der Waals surface area contributed by atoms with Crippen LogP contribution in [0, 0.1) is 0 Å². The molecule has 1 N–H and O–H groups in total. The number of likely N-dealkylation sites (N-methyl/N-ethyl adjacent to an activating group) is 1. The van der Waals surface area contributed by atoms with Gasteiger partial charge in [-0.25, -0.2) is 4.98 Å². The monoisotopic (exact) mass is 400 g/mol. The summed E-state index contributed by atoms with van der Waals surface area (Å²) in [4.78, 5) is 21.7. The summed E-state index contributed by atoms with van der Waals surface area (Å²) in [7, 11) is 2.18.